The molecule has 0 unspecified atom stereocenters. The van der Waals surface area contributed by atoms with Crippen molar-refractivity contribution in [3.63, 3.8) is 0 Å². The molecule has 1 aromatic heterocycles. The number of anilines is 1. The van der Waals surface area contributed by atoms with Gasteiger partial charge in [-0.2, -0.15) is 4.98 Å². The molecule has 0 fully saturated rings. The van der Waals surface area contributed by atoms with Gasteiger partial charge in [0.05, 0.1) is 12.3 Å². The fourth-order valence-electron chi connectivity index (χ4n) is 0.915. The predicted octanol–water partition coefficient (Wildman–Crippen LogP) is 1.71. The quantitative estimate of drug-likeness (QED) is 0.817. The summed E-state index contributed by atoms with van der Waals surface area (Å²) in [5, 5.41) is 0. The molecular formula is C9H12F2N2O2. The zero-order chi connectivity index (χ0) is 11.3. The van der Waals surface area contributed by atoms with Gasteiger partial charge in [-0.1, -0.05) is 0 Å². The van der Waals surface area contributed by atoms with Gasteiger partial charge >= 0.3 is 0 Å². The molecule has 0 aliphatic carbocycles. The SMILES string of the molecule is CCOc1nc(OCC(F)F)ccc1N. The Kier molecular flexibility index (Phi) is 4.08. The Morgan fingerprint density at radius 1 is 1.40 bits per heavy atom. The van der Waals surface area contributed by atoms with Gasteiger partial charge in [0.1, 0.15) is 0 Å². The smallest absolute Gasteiger partial charge is 0.272 e. The first-order valence-electron chi connectivity index (χ1n) is 4.43. The highest BCUT2D eigenvalue weighted by molar-refractivity contribution is 5.49. The summed E-state index contributed by atoms with van der Waals surface area (Å²) in [6, 6.07) is 2.92. The molecule has 0 radical (unpaired) electrons. The van der Waals surface area contributed by atoms with Crippen molar-refractivity contribution < 1.29 is 18.3 Å². The number of pyridine rings is 1. The minimum absolute atomic E-state index is 0.0768. The number of nitrogens with zero attached hydrogens (tertiary/aromatic N) is 1. The van der Waals surface area contributed by atoms with Crippen molar-refractivity contribution in [2.24, 2.45) is 0 Å². The van der Waals surface area contributed by atoms with Crippen LogP contribution in [0.1, 0.15) is 6.92 Å². The van der Waals surface area contributed by atoms with E-state index < -0.39 is 13.0 Å². The molecule has 4 nitrogen and oxygen atoms in total. The van der Waals surface area contributed by atoms with Gasteiger partial charge in [-0.3, -0.25) is 0 Å². The zero-order valence-electron chi connectivity index (χ0n) is 8.24. The number of aromatic nitrogens is 1. The maximum atomic E-state index is 11.8. The number of ether oxygens (including phenoxy) is 2. The van der Waals surface area contributed by atoms with Crippen molar-refractivity contribution in [3.05, 3.63) is 12.1 Å². The van der Waals surface area contributed by atoms with Crippen LogP contribution in [0.4, 0.5) is 14.5 Å². The summed E-state index contributed by atoms with van der Waals surface area (Å²) < 4.78 is 33.5. The molecule has 2 N–H and O–H groups in total. The first kappa shape index (κ1) is 11.5. The van der Waals surface area contributed by atoms with E-state index in [1.54, 1.807) is 6.92 Å². The molecule has 1 heterocycles. The van der Waals surface area contributed by atoms with E-state index in [0.717, 1.165) is 0 Å². The van der Waals surface area contributed by atoms with Crippen LogP contribution >= 0.6 is 0 Å². The molecule has 0 aromatic carbocycles. The van der Waals surface area contributed by atoms with E-state index in [1.165, 1.54) is 12.1 Å². The monoisotopic (exact) mass is 218 g/mol. The van der Waals surface area contributed by atoms with E-state index in [9.17, 15) is 8.78 Å². The number of hydrogen-bond acceptors (Lipinski definition) is 4. The normalized spacial score (nSPS) is 10.4. The van der Waals surface area contributed by atoms with Crippen LogP contribution in [0.5, 0.6) is 11.8 Å². The van der Waals surface area contributed by atoms with E-state index in [1.807, 2.05) is 0 Å². The second-order valence-electron chi connectivity index (χ2n) is 2.68. The fourth-order valence-corrected chi connectivity index (χ4v) is 0.915. The lowest BCUT2D eigenvalue weighted by molar-refractivity contribution is 0.0792. The molecule has 0 bridgehead atoms. The number of alkyl halides is 2. The third kappa shape index (κ3) is 3.57. The maximum Gasteiger partial charge on any atom is 0.272 e. The highest BCUT2D eigenvalue weighted by atomic mass is 19.3. The fraction of sp³-hybridized carbons (Fsp3) is 0.444. The molecule has 0 aliphatic rings. The van der Waals surface area contributed by atoms with E-state index in [0.29, 0.717) is 12.3 Å². The van der Waals surface area contributed by atoms with Crippen LogP contribution < -0.4 is 15.2 Å². The Hall–Kier alpha value is -1.59. The molecule has 15 heavy (non-hydrogen) atoms. The molecular weight excluding hydrogens is 206 g/mol. The summed E-state index contributed by atoms with van der Waals surface area (Å²) in [5.41, 5.74) is 5.89. The summed E-state index contributed by atoms with van der Waals surface area (Å²) >= 11 is 0. The van der Waals surface area contributed by atoms with E-state index >= 15 is 0 Å². The van der Waals surface area contributed by atoms with Gasteiger partial charge < -0.3 is 15.2 Å². The molecule has 6 heteroatoms. The van der Waals surface area contributed by atoms with Crippen molar-refractivity contribution in [2.75, 3.05) is 18.9 Å². The highest BCUT2D eigenvalue weighted by Gasteiger charge is 2.07. The topological polar surface area (TPSA) is 57.4 Å². The van der Waals surface area contributed by atoms with E-state index in [2.05, 4.69) is 4.98 Å². The lowest BCUT2D eigenvalue weighted by Gasteiger charge is -2.08. The lowest BCUT2D eigenvalue weighted by Crippen LogP contribution is -2.09. The number of nitrogens with two attached hydrogens (primary N) is 1. The van der Waals surface area contributed by atoms with Crippen molar-refractivity contribution in [3.8, 4) is 11.8 Å². The summed E-state index contributed by atoms with van der Waals surface area (Å²) in [6.07, 6.45) is -2.53. The summed E-state index contributed by atoms with van der Waals surface area (Å²) in [7, 11) is 0. The predicted molar refractivity (Wildman–Crippen MR) is 51.3 cm³/mol. The standard InChI is InChI=1S/C9H12F2N2O2/c1-2-14-9-6(12)3-4-8(13-9)15-5-7(10)11/h3-4,7H,2,5,12H2,1H3. The summed E-state index contributed by atoms with van der Waals surface area (Å²) in [4.78, 5) is 3.83. The number of nitrogen functional groups attached to an aromatic ring is 1. The van der Waals surface area contributed by atoms with Crippen molar-refractivity contribution in [1.82, 2.24) is 4.98 Å². The minimum Gasteiger partial charge on any atom is -0.476 e. The van der Waals surface area contributed by atoms with Gasteiger partial charge in [0.15, 0.2) is 6.61 Å². The first-order chi connectivity index (χ1) is 7.13. The molecule has 0 aliphatic heterocycles. The van der Waals surface area contributed by atoms with Crippen LogP contribution in [0, 0.1) is 0 Å². The van der Waals surface area contributed by atoms with Gasteiger partial charge in [0.2, 0.25) is 11.8 Å². The Labute approximate surface area is 86.0 Å². The molecule has 84 valence electrons. The molecule has 0 atom stereocenters. The average molecular weight is 218 g/mol. The van der Waals surface area contributed by atoms with Crippen molar-refractivity contribution in [2.45, 2.75) is 13.3 Å². The average Bonchev–Trinajstić information content (AvgIpc) is 2.19. The molecule has 1 aromatic rings. The van der Waals surface area contributed by atoms with Crippen LogP contribution in [0.15, 0.2) is 12.1 Å². The van der Waals surface area contributed by atoms with Gasteiger partial charge in [-0.25, -0.2) is 8.78 Å². The van der Waals surface area contributed by atoms with Gasteiger partial charge in [0, 0.05) is 6.07 Å². The lowest BCUT2D eigenvalue weighted by atomic mass is 10.4. The van der Waals surface area contributed by atoms with E-state index in [-0.39, 0.29) is 11.8 Å². The van der Waals surface area contributed by atoms with Crippen molar-refractivity contribution >= 4 is 5.69 Å². The number of hydrogen-bond donors (Lipinski definition) is 1. The van der Waals surface area contributed by atoms with Crippen LogP contribution in [-0.4, -0.2) is 24.6 Å². The van der Waals surface area contributed by atoms with Crippen LogP contribution in [0.25, 0.3) is 0 Å². The van der Waals surface area contributed by atoms with Gasteiger partial charge in [0.25, 0.3) is 6.43 Å². The second-order valence-corrected chi connectivity index (χ2v) is 2.68. The molecule has 0 saturated heterocycles. The summed E-state index contributed by atoms with van der Waals surface area (Å²) in [5.74, 6) is 0.275. The first-order valence-corrected chi connectivity index (χ1v) is 4.43. The largest absolute Gasteiger partial charge is 0.476 e. The molecule has 1 rings (SSSR count). The Balaban J connectivity index is 2.69. The van der Waals surface area contributed by atoms with Gasteiger partial charge in [-0.05, 0) is 13.0 Å². The Bertz CT molecular complexity index is 321. The van der Waals surface area contributed by atoms with Crippen molar-refractivity contribution in [1.29, 1.82) is 0 Å². The molecule has 0 spiro atoms. The highest BCUT2D eigenvalue weighted by Crippen LogP contribution is 2.22. The maximum absolute atomic E-state index is 11.8. The Morgan fingerprint density at radius 3 is 2.73 bits per heavy atom. The molecule has 0 amide bonds. The van der Waals surface area contributed by atoms with Crippen LogP contribution in [-0.2, 0) is 0 Å². The van der Waals surface area contributed by atoms with Crippen LogP contribution in [0.3, 0.4) is 0 Å². The second kappa shape index (κ2) is 5.33. The Morgan fingerprint density at radius 2 is 2.13 bits per heavy atom. The van der Waals surface area contributed by atoms with E-state index in [4.69, 9.17) is 15.2 Å². The van der Waals surface area contributed by atoms with Crippen LogP contribution in [0.2, 0.25) is 0 Å². The summed E-state index contributed by atoms with van der Waals surface area (Å²) in [6.45, 7) is 1.48. The third-order valence-corrected chi connectivity index (χ3v) is 1.50. The minimum atomic E-state index is -2.53. The van der Waals surface area contributed by atoms with Gasteiger partial charge in [-0.15, -0.1) is 0 Å². The number of rotatable bonds is 5. The zero-order valence-corrected chi connectivity index (χ0v) is 8.24. The third-order valence-electron chi connectivity index (χ3n) is 1.50. The number of halogens is 2. The molecule has 0 saturated carbocycles.